The number of sulfone groups is 1. The average molecular weight is 360 g/mol. The zero-order valence-electron chi connectivity index (χ0n) is 14.2. The van der Waals surface area contributed by atoms with Crippen LogP contribution in [0.15, 0.2) is 29.3 Å². The maximum Gasteiger partial charge on any atom is 0.191 e. The second kappa shape index (κ2) is 8.55. The topological polar surface area (TPSA) is 70.6 Å². The summed E-state index contributed by atoms with van der Waals surface area (Å²) in [6, 6.07) is 7.85. The Morgan fingerprint density at radius 3 is 2.57 bits per heavy atom. The van der Waals surface area contributed by atoms with Crippen molar-refractivity contribution in [1.82, 2.24) is 10.6 Å². The van der Waals surface area contributed by atoms with E-state index < -0.39 is 9.84 Å². The van der Waals surface area contributed by atoms with Crippen LogP contribution in [0, 0.1) is 5.41 Å². The molecule has 0 unspecified atom stereocenters. The van der Waals surface area contributed by atoms with Crippen molar-refractivity contribution in [2.45, 2.75) is 20.3 Å². The van der Waals surface area contributed by atoms with Crippen LogP contribution in [0.3, 0.4) is 0 Å². The predicted molar refractivity (Wildman–Crippen MR) is 98.0 cm³/mol. The third-order valence-corrected chi connectivity index (χ3v) is 4.48. The van der Waals surface area contributed by atoms with Crippen LogP contribution >= 0.6 is 11.6 Å². The third kappa shape index (κ3) is 8.81. The molecule has 5 nitrogen and oxygen atoms in total. The van der Waals surface area contributed by atoms with E-state index in [0.29, 0.717) is 19.0 Å². The Bertz CT molecular complexity index is 642. The highest BCUT2D eigenvalue weighted by atomic mass is 35.5. The summed E-state index contributed by atoms with van der Waals surface area (Å²) in [5.41, 5.74) is 1.18. The molecule has 0 saturated heterocycles. The molecule has 0 saturated carbocycles. The lowest BCUT2D eigenvalue weighted by atomic mass is 9.86. The van der Waals surface area contributed by atoms with Gasteiger partial charge in [-0.05, 0) is 29.5 Å². The van der Waals surface area contributed by atoms with E-state index in [1.54, 1.807) is 7.05 Å². The molecule has 0 atom stereocenters. The smallest absolute Gasteiger partial charge is 0.191 e. The molecule has 0 amide bonds. The molecule has 0 aliphatic carbocycles. The first-order chi connectivity index (χ1) is 10.6. The summed E-state index contributed by atoms with van der Waals surface area (Å²) in [5.74, 6) is 0.687. The molecule has 1 aromatic carbocycles. The normalized spacial score (nSPS) is 13.0. The molecule has 0 fully saturated rings. The van der Waals surface area contributed by atoms with Gasteiger partial charge in [-0.25, -0.2) is 8.42 Å². The van der Waals surface area contributed by atoms with Crippen LogP contribution in [0.2, 0.25) is 5.02 Å². The Labute approximate surface area is 144 Å². The lowest BCUT2D eigenvalue weighted by Crippen LogP contribution is -2.43. The van der Waals surface area contributed by atoms with Crippen molar-refractivity contribution in [3.63, 3.8) is 0 Å². The maximum atomic E-state index is 11.1. The predicted octanol–water partition coefficient (Wildman–Crippen LogP) is 2.12. The molecule has 0 aliphatic rings. The van der Waals surface area contributed by atoms with E-state index >= 15 is 0 Å². The van der Waals surface area contributed by atoms with Gasteiger partial charge in [0.15, 0.2) is 5.96 Å². The second-order valence-corrected chi connectivity index (χ2v) is 9.15. The summed E-state index contributed by atoms with van der Waals surface area (Å²) in [4.78, 5) is 4.11. The van der Waals surface area contributed by atoms with Gasteiger partial charge < -0.3 is 10.6 Å². The number of hydrogen-bond acceptors (Lipinski definition) is 3. The molecular formula is C16H26ClN3O2S. The molecule has 0 aliphatic heterocycles. The van der Waals surface area contributed by atoms with Crippen LogP contribution in [-0.2, 0) is 16.3 Å². The molecule has 0 bridgehead atoms. The molecule has 2 N–H and O–H groups in total. The Morgan fingerprint density at radius 1 is 1.30 bits per heavy atom. The van der Waals surface area contributed by atoms with Gasteiger partial charge in [-0.3, -0.25) is 4.99 Å². The van der Waals surface area contributed by atoms with Crippen molar-refractivity contribution < 1.29 is 8.42 Å². The summed E-state index contributed by atoms with van der Waals surface area (Å²) < 4.78 is 22.3. The number of halogens is 1. The van der Waals surface area contributed by atoms with E-state index in [1.807, 2.05) is 18.2 Å². The first-order valence-electron chi connectivity index (χ1n) is 7.48. The molecule has 23 heavy (non-hydrogen) atoms. The molecule has 0 heterocycles. The van der Waals surface area contributed by atoms with Gasteiger partial charge in [0.25, 0.3) is 0 Å². The van der Waals surface area contributed by atoms with Crippen molar-refractivity contribution in [1.29, 1.82) is 0 Å². The molecule has 7 heteroatoms. The number of benzene rings is 1. The van der Waals surface area contributed by atoms with Gasteiger partial charge in [0.05, 0.1) is 5.75 Å². The standard InChI is InChI=1S/C16H26ClN3O2S/c1-16(2,11-13-6-5-7-14(17)10-13)12-20-15(18-3)19-8-9-23(4,21)22/h5-7,10H,8-9,11-12H2,1-4H3,(H2,18,19,20). The highest BCUT2D eigenvalue weighted by Crippen LogP contribution is 2.22. The van der Waals surface area contributed by atoms with Crippen molar-refractivity contribution >= 4 is 27.4 Å². The largest absolute Gasteiger partial charge is 0.356 e. The maximum absolute atomic E-state index is 11.1. The second-order valence-electron chi connectivity index (χ2n) is 6.45. The van der Waals surface area contributed by atoms with E-state index in [0.717, 1.165) is 11.4 Å². The van der Waals surface area contributed by atoms with Gasteiger partial charge in [0, 0.05) is 31.4 Å². The summed E-state index contributed by atoms with van der Waals surface area (Å²) in [6.07, 6.45) is 2.10. The van der Waals surface area contributed by atoms with Gasteiger partial charge in [0.1, 0.15) is 9.84 Å². The van der Waals surface area contributed by atoms with Crippen molar-refractivity contribution in [2.75, 3.05) is 32.1 Å². The summed E-state index contributed by atoms with van der Waals surface area (Å²) >= 11 is 6.02. The fourth-order valence-corrected chi connectivity index (χ4v) is 2.85. The van der Waals surface area contributed by atoms with Crippen LogP contribution in [0.5, 0.6) is 0 Å². The minimum Gasteiger partial charge on any atom is -0.356 e. The lowest BCUT2D eigenvalue weighted by Gasteiger charge is -2.26. The first kappa shape index (κ1) is 19.8. The van der Waals surface area contributed by atoms with Crippen LogP contribution in [0.25, 0.3) is 0 Å². The number of rotatable bonds is 7. The van der Waals surface area contributed by atoms with Crippen molar-refractivity contribution in [3.8, 4) is 0 Å². The van der Waals surface area contributed by atoms with E-state index in [9.17, 15) is 8.42 Å². The van der Waals surface area contributed by atoms with E-state index in [2.05, 4.69) is 35.5 Å². The Hall–Kier alpha value is -1.27. The molecule has 0 radical (unpaired) electrons. The number of nitrogens with zero attached hydrogens (tertiary/aromatic N) is 1. The van der Waals surface area contributed by atoms with Gasteiger partial charge in [-0.1, -0.05) is 37.6 Å². The monoisotopic (exact) mass is 359 g/mol. The Balaban J connectivity index is 2.50. The van der Waals surface area contributed by atoms with E-state index in [-0.39, 0.29) is 11.2 Å². The first-order valence-corrected chi connectivity index (χ1v) is 9.92. The van der Waals surface area contributed by atoms with E-state index in [4.69, 9.17) is 11.6 Å². The zero-order chi connectivity index (χ0) is 17.5. The highest BCUT2D eigenvalue weighted by Gasteiger charge is 2.19. The quantitative estimate of drug-likeness (QED) is 0.578. The molecule has 130 valence electrons. The van der Waals surface area contributed by atoms with Crippen LogP contribution in [-0.4, -0.2) is 46.5 Å². The third-order valence-electron chi connectivity index (χ3n) is 3.29. The number of nitrogens with one attached hydrogen (secondary N) is 2. The SMILES string of the molecule is CN=C(NCCS(C)(=O)=O)NCC(C)(C)Cc1cccc(Cl)c1. The Morgan fingerprint density at radius 2 is 2.00 bits per heavy atom. The highest BCUT2D eigenvalue weighted by molar-refractivity contribution is 7.90. The van der Waals surface area contributed by atoms with Crippen LogP contribution < -0.4 is 10.6 Å². The fraction of sp³-hybridized carbons (Fsp3) is 0.562. The number of aliphatic imine (C=N–C) groups is 1. The van der Waals surface area contributed by atoms with Gasteiger partial charge in [-0.2, -0.15) is 0 Å². The molecule has 0 spiro atoms. The van der Waals surface area contributed by atoms with Crippen molar-refractivity contribution in [3.05, 3.63) is 34.9 Å². The van der Waals surface area contributed by atoms with E-state index in [1.165, 1.54) is 11.8 Å². The fourth-order valence-electron chi connectivity index (χ4n) is 2.16. The molecule has 0 aromatic heterocycles. The minimum absolute atomic E-state index is 0.000858. The summed E-state index contributed by atoms with van der Waals surface area (Å²) in [5, 5.41) is 6.99. The summed E-state index contributed by atoms with van der Waals surface area (Å²) in [6.45, 7) is 5.36. The van der Waals surface area contributed by atoms with Gasteiger partial charge in [-0.15, -0.1) is 0 Å². The lowest BCUT2D eigenvalue weighted by molar-refractivity contribution is 0.359. The van der Waals surface area contributed by atoms with Crippen molar-refractivity contribution in [2.24, 2.45) is 10.4 Å². The average Bonchev–Trinajstić information content (AvgIpc) is 2.40. The Kier molecular flexibility index (Phi) is 7.35. The molecule has 1 rings (SSSR count). The van der Waals surface area contributed by atoms with Crippen LogP contribution in [0.4, 0.5) is 0 Å². The van der Waals surface area contributed by atoms with Gasteiger partial charge in [0.2, 0.25) is 0 Å². The molecule has 1 aromatic rings. The van der Waals surface area contributed by atoms with Crippen LogP contribution in [0.1, 0.15) is 19.4 Å². The number of hydrogen-bond donors (Lipinski definition) is 2. The minimum atomic E-state index is -2.97. The number of guanidine groups is 1. The van der Waals surface area contributed by atoms with Gasteiger partial charge >= 0.3 is 0 Å². The molecular weight excluding hydrogens is 334 g/mol. The zero-order valence-corrected chi connectivity index (χ0v) is 15.8. The summed E-state index contributed by atoms with van der Waals surface area (Å²) in [7, 11) is -1.31.